The van der Waals surface area contributed by atoms with E-state index in [1.807, 2.05) is 6.92 Å². The Morgan fingerprint density at radius 2 is 2.41 bits per heavy atom. The highest BCUT2D eigenvalue weighted by Crippen LogP contribution is 2.25. The van der Waals surface area contributed by atoms with E-state index in [2.05, 4.69) is 10.3 Å². The summed E-state index contributed by atoms with van der Waals surface area (Å²) in [6, 6.07) is 5.24. The van der Waals surface area contributed by atoms with E-state index < -0.39 is 0 Å². The highest BCUT2D eigenvalue weighted by molar-refractivity contribution is 7.99. The fourth-order valence-electron chi connectivity index (χ4n) is 1.32. The smallest absolute Gasteiger partial charge is 0.257 e. The van der Waals surface area contributed by atoms with Gasteiger partial charge in [-0.1, -0.05) is 23.4 Å². The van der Waals surface area contributed by atoms with Gasteiger partial charge in [-0.25, -0.2) is 4.98 Å². The summed E-state index contributed by atoms with van der Waals surface area (Å²) in [7, 11) is 0. The molecular weight excluding hydrogens is 260 g/mol. The molecule has 1 amide bonds. The minimum absolute atomic E-state index is 0.0298. The van der Waals surface area contributed by atoms with Crippen molar-refractivity contribution >= 4 is 40.4 Å². The van der Waals surface area contributed by atoms with E-state index in [-0.39, 0.29) is 5.91 Å². The van der Waals surface area contributed by atoms with E-state index >= 15 is 0 Å². The maximum Gasteiger partial charge on any atom is 0.257 e. The van der Waals surface area contributed by atoms with Crippen LogP contribution in [0.1, 0.15) is 6.92 Å². The van der Waals surface area contributed by atoms with Crippen LogP contribution >= 0.6 is 23.4 Å². The fourth-order valence-corrected chi connectivity index (χ4v) is 2.15. The highest BCUT2D eigenvalue weighted by atomic mass is 35.5. The van der Waals surface area contributed by atoms with Crippen LogP contribution < -0.4 is 5.32 Å². The standard InChI is InChI=1S/C11H11ClN2O2S/c1-2-13-10(15)6-17-11-14-8-5-7(12)3-4-9(8)16-11/h3-5H,2,6H2,1H3,(H,13,15). The average Bonchev–Trinajstić information content (AvgIpc) is 2.68. The lowest BCUT2D eigenvalue weighted by Crippen LogP contribution is -2.24. The summed E-state index contributed by atoms with van der Waals surface area (Å²) < 4.78 is 5.46. The Morgan fingerprint density at radius 3 is 3.18 bits per heavy atom. The third kappa shape index (κ3) is 3.14. The molecule has 17 heavy (non-hydrogen) atoms. The molecule has 0 fully saturated rings. The molecule has 90 valence electrons. The summed E-state index contributed by atoms with van der Waals surface area (Å²) in [5.41, 5.74) is 1.38. The van der Waals surface area contributed by atoms with E-state index in [0.717, 1.165) is 0 Å². The van der Waals surface area contributed by atoms with Gasteiger partial charge in [0.2, 0.25) is 5.91 Å². The van der Waals surface area contributed by atoms with Crippen molar-refractivity contribution in [1.82, 2.24) is 10.3 Å². The third-order valence-corrected chi connectivity index (χ3v) is 3.09. The third-order valence-electron chi connectivity index (χ3n) is 2.03. The Labute approximate surface area is 108 Å². The molecule has 6 heteroatoms. The second-order valence-electron chi connectivity index (χ2n) is 3.33. The molecule has 0 aliphatic carbocycles. The highest BCUT2D eigenvalue weighted by Gasteiger charge is 2.08. The number of carbonyl (C=O) groups excluding carboxylic acids is 1. The van der Waals surface area contributed by atoms with Crippen LogP contribution in [0.15, 0.2) is 27.8 Å². The van der Waals surface area contributed by atoms with Gasteiger partial charge in [-0.3, -0.25) is 4.79 Å². The van der Waals surface area contributed by atoms with Gasteiger partial charge in [0.05, 0.1) is 5.75 Å². The van der Waals surface area contributed by atoms with Crippen LogP contribution in [0.25, 0.3) is 11.1 Å². The van der Waals surface area contributed by atoms with Crippen LogP contribution in [0.5, 0.6) is 0 Å². The average molecular weight is 271 g/mol. The van der Waals surface area contributed by atoms with Gasteiger partial charge in [0, 0.05) is 11.6 Å². The van der Waals surface area contributed by atoms with Crippen molar-refractivity contribution in [3.05, 3.63) is 23.2 Å². The zero-order valence-corrected chi connectivity index (χ0v) is 10.8. The number of oxazole rings is 1. The van der Waals surface area contributed by atoms with E-state index in [4.69, 9.17) is 16.0 Å². The number of nitrogens with zero attached hydrogens (tertiary/aromatic N) is 1. The Bertz CT molecular complexity index is 541. The molecular formula is C11H11ClN2O2S. The Balaban J connectivity index is 2.07. The number of benzene rings is 1. The summed E-state index contributed by atoms with van der Waals surface area (Å²) >= 11 is 7.11. The summed E-state index contributed by atoms with van der Waals surface area (Å²) in [4.78, 5) is 15.5. The van der Waals surface area contributed by atoms with Crippen LogP contribution in [-0.2, 0) is 4.79 Å². The lowest BCUT2D eigenvalue weighted by atomic mass is 10.3. The molecule has 1 aromatic carbocycles. The number of thioether (sulfide) groups is 1. The van der Waals surface area contributed by atoms with Crippen molar-refractivity contribution in [1.29, 1.82) is 0 Å². The molecule has 0 radical (unpaired) electrons. The normalized spacial score (nSPS) is 10.7. The van der Waals surface area contributed by atoms with Gasteiger partial charge in [0.15, 0.2) is 5.58 Å². The Morgan fingerprint density at radius 1 is 1.59 bits per heavy atom. The van der Waals surface area contributed by atoms with Gasteiger partial charge in [0.1, 0.15) is 5.52 Å². The van der Waals surface area contributed by atoms with Gasteiger partial charge in [-0.2, -0.15) is 0 Å². The second kappa shape index (κ2) is 5.42. The SMILES string of the molecule is CCNC(=O)CSc1nc2cc(Cl)ccc2o1. The predicted octanol–water partition coefficient (Wildman–Crippen LogP) is 2.71. The number of amides is 1. The van der Waals surface area contributed by atoms with Gasteiger partial charge >= 0.3 is 0 Å². The Hall–Kier alpha value is -1.20. The van der Waals surface area contributed by atoms with Crippen molar-refractivity contribution < 1.29 is 9.21 Å². The van der Waals surface area contributed by atoms with Crippen molar-refractivity contribution in [3.63, 3.8) is 0 Å². The lowest BCUT2D eigenvalue weighted by Gasteiger charge is -1.98. The monoisotopic (exact) mass is 270 g/mol. The molecule has 0 saturated heterocycles. The minimum atomic E-state index is -0.0298. The quantitative estimate of drug-likeness (QED) is 0.868. The number of hydrogen-bond donors (Lipinski definition) is 1. The first kappa shape index (κ1) is 12.3. The summed E-state index contributed by atoms with van der Waals surface area (Å²) in [6.07, 6.45) is 0. The van der Waals surface area contributed by atoms with Gasteiger partial charge in [0.25, 0.3) is 5.22 Å². The van der Waals surface area contributed by atoms with Crippen molar-refractivity contribution in [3.8, 4) is 0 Å². The molecule has 0 spiro atoms. The van der Waals surface area contributed by atoms with Gasteiger partial charge in [-0.05, 0) is 25.1 Å². The van der Waals surface area contributed by atoms with E-state index in [1.54, 1.807) is 18.2 Å². The molecule has 2 aromatic rings. The maximum absolute atomic E-state index is 11.3. The summed E-state index contributed by atoms with van der Waals surface area (Å²) in [5, 5.41) is 3.81. The first-order valence-electron chi connectivity index (χ1n) is 5.14. The van der Waals surface area contributed by atoms with E-state index in [9.17, 15) is 4.79 Å². The van der Waals surface area contributed by atoms with E-state index in [0.29, 0.717) is 33.6 Å². The molecule has 1 heterocycles. The molecule has 1 aromatic heterocycles. The minimum Gasteiger partial charge on any atom is -0.431 e. The molecule has 1 N–H and O–H groups in total. The number of halogens is 1. The molecule has 0 bridgehead atoms. The summed E-state index contributed by atoms with van der Waals surface area (Å²) in [5.74, 6) is 0.270. The number of hydrogen-bond acceptors (Lipinski definition) is 4. The zero-order valence-electron chi connectivity index (χ0n) is 9.20. The first-order valence-corrected chi connectivity index (χ1v) is 6.51. The maximum atomic E-state index is 11.3. The van der Waals surface area contributed by atoms with Crippen molar-refractivity contribution in [2.24, 2.45) is 0 Å². The van der Waals surface area contributed by atoms with Gasteiger partial charge < -0.3 is 9.73 Å². The van der Waals surface area contributed by atoms with Crippen LogP contribution in [0.3, 0.4) is 0 Å². The number of fused-ring (bicyclic) bond motifs is 1. The molecule has 4 nitrogen and oxygen atoms in total. The fraction of sp³-hybridized carbons (Fsp3) is 0.273. The number of nitrogens with one attached hydrogen (secondary N) is 1. The number of aromatic nitrogens is 1. The van der Waals surface area contributed by atoms with E-state index in [1.165, 1.54) is 11.8 Å². The van der Waals surface area contributed by atoms with Crippen molar-refractivity contribution in [2.75, 3.05) is 12.3 Å². The van der Waals surface area contributed by atoms with Crippen molar-refractivity contribution in [2.45, 2.75) is 12.1 Å². The van der Waals surface area contributed by atoms with Crippen LogP contribution in [-0.4, -0.2) is 23.2 Å². The zero-order chi connectivity index (χ0) is 12.3. The molecule has 2 rings (SSSR count). The van der Waals surface area contributed by atoms with Gasteiger partial charge in [-0.15, -0.1) is 0 Å². The van der Waals surface area contributed by atoms with Crippen LogP contribution in [0.4, 0.5) is 0 Å². The lowest BCUT2D eigenvalue weighted by molar-refractivity contribution is -0.118. The molecule has 0 atom stereocenters. The van der Waals surface area contributed by atoms with Crippen LogP contribution in [0.2, 0.25) is 5.02 Å². The number of carbonyl (C=O) groups is 1. The summed E-state index contributed by atoms with van der Waals surface area (Å²) in [6.45, 7) is 2.51. The Kier molecular flexibility index (Phi) is 3.91. The number of rotatable bonds is 4. The molecule has 0 aliphatic heterocycles. The largest absolute Gasteiger partial charge is 0.431 e. The topological polar surface area (TPSA) is 55.1 Å². The predicted molar refractivity (Wildman–Crippen MR) is 68.4 cm³/mol. The molecule has 0 aliphatic rings. The molecule has 0 saturated carbocycles. The molecule has 0 unspecified atom stereocenters. The second-order valence-corrected chi connectivity index (χ2v) is 4.70. The first-order chi connectivity index (χ1) is 8.19. The van der Waals surface area contributed by atoms with Crippen LogP contribution in [0, 0.1) is 0 Å².